The minimum atomic E-state index is 0.368. The molecule has 3 aromatic rings. The van der Waals surface area contributed by atoms with Crippen molar-refractivity contribution < 1.29 is 5.11 Å². The molecule has 3 rings (SSSR count). The molecule has 0 fully saturated rings. The van der Waals surface area contributed by atoms with Crippen LogP contribution in [0.1, 0.15) is 12.0 Å². The van der Waals surface area contributed by atoms with Crippen molar-refractivity contribution in [3.8, 4) is 5.88 Å². The molecule has 0 amide bonds. The molecule has 1 N–H and O–H groups in total. The van der Waals surface area contributed by atoms with E-state index in [-0.39, 0.29) is 0 Å². The molecule has 20 heavy (non-hydrogen) atoms. The van der Waals surface area contributed by atoms with Crippen molar-refractivity contribution in [2.24, 2.45) is 0 Å². The van der Waals surface area contributed by atoms with E-state index >= 15 is 0 Å². The zero-order chi connectivity index (χ0) is 13.9. The quantitative estimate of drug-likeness (QED) is 0.734. The Morgan fingerprint density at radius 2 is 1.75 bits per heavy atom. The summed E-state index contributed by atoms with van der Waals surface area (Å²) < 4.78 is 3.09. The van der Waals surface area contributed by atoms with Gasteiger partial charge in [0.2, 0.25) is 0 Å². The van der Waals surface area contributed by atoms with E-state index in [1.54, 1.807) is 0 Å². The molecule has 0 atom stereocenters. The van der Waals surface area contributed by atoms with Crippen LogP contribution in [0.2, 0.25) is 0 Å². The number of hydrogen-bond acceptors (Lipinski definition) is 1. The standard InChI is InChI=1S/C17H16BrNO/c18-16-10-4-2-6-13(16)8-5-11-19-12-14-7-1-3-9-15(14)17(19)20/h1-4,6-7,9-10,12,20H,5,8,11H2. The first kappa shape index (κ1) is 13.3. The minimum absolute atomic E-state index is 0.368. The molecule has 0 unspecified atom stereocenters. The van der Waals surface area contributed by atoms with E-state index in [0.717, 1.165) is 34.6 Å². The van der Waals surface area contributed by atoms with Gasteiger partial charge in [0.05, 0.1) is 0 Å². The van der Waals surface area contributed by atoms with E-state index in [4.69, 9.17) is 0 Å². The third kappa shape index (κ3) is 2.59. The van der Waals surface area contributed by atoms with Crippen LogP contribution in [-0.4, -0.2) is 9.67 Å². The lowest BCUT2D eigenvalue weighted by molar-refractivity contribution is 0.418. The first-order valence-corrected chi connectivity index (χ1v) is 7.55. The summed E-state index contributed by atoms with van der Waals surface area (Å²) in [5.41, 5.74) is 1.31. The van der Waals surface area contributed by atoms with Gasteiger partial charge in [-0.1, -0.05) is 52.3 Å². The average molecular weight is 330 g/mol. The molecular formula is C17H16BrNO. The van der Waals surface area contributed by atoms with Gasteiger partial charge >= 0.3 is 0 Å². The van der Waals surface area contributed by atoms with E-state index in [1.807, 2.05) is 41.1 Å². The Kier molecular flexibility index (Phi) is 3.79. The van der Waals surface area contributed by atoms with E-state index < -0.39 is 0 Å². The van der Waals surface area contributed by atoms with Crippen LogP contribution in [0.4, 0.5) is 0 Å². The summed E-state index contributed by atoms with van der Waals surface area (Å²) in [6, 6.07) is 16.2. The second kappa shape index (κ2) is 5.71. The monoisotopic (exact) mass is 329 g/mol. The first-order chi connectivity index (χ1) is 9.75. The number of rotatable bonds is 4. The Balaban J connectivity index is 1.71. The molecule has 0 aliphatic heterocycles. The van der Waals surface area contributed by atoms with Crippen LogP contribution < -0.4 is 0 Å². The molecule has 1 aromatic heterocycles. The summed E-state index contributed by atoms with van der Waals surface area (Å²) in [4.78, 5) is 0. The van der Waals surface area contributed by atoms with E-state index in [2.05, 4.69) is 34.1 Å². The number of hydrogen-bond donors (Lipinski definition) is 1. The van der Waals surface area contributed by atoms with Crippen molar-refractivity contribution >= 4 is 26.7 Å². The van der Waals surface area contributed by atoms with Gasteiger partial charge in [-0.2, -0.15) is 0 Å². The van der Waals surface area contributed by atoms with Crippen molar-refractivity contribution in [1.82, 2.24) is 4.57 Å². The van der Waals surface area contributed by atoms with Crippen LogP contribution in [0, 0.1) is 0 Å². The van der Waals surface area contributed by atoms with Crippen molar-refractivity contribution in [3.05, 3.63) is 64.8 Å². The molecule has 1 heterocycles. The van der Waals surface area contributed by atoms with Crippen molar-refractivity contribution in [1.29, 1.82) is 0 Å². The van der Waals surface area contributed by atoms with Crippen molar-refractivity contribution in [2.45, 2.75) is 19.4 Å². The van der Waals surface area contributed by atoms with E-state index in [0.29, 0.717) is 5.88 Å². The molecule has 0 radical (unpaired) electrons. The zero-order valence-corrected chi connectivity index (χ0v) is 12.7. The maximum Gasteiger partial charge on any atom is 0.199 e. The Labute approximate surface area is 126 Å². The summed E-state index contributed by atoms with van der Waals surface area (Å²) in [6.45, 7) is 0.821. The lowest BCUT2D eigenvalue weighted by atomic mass is 10.1. The predicted molar refractivity (Wildman–Crippen MR) is 86.1 cm³/mol. The maximum absolute atomic E-state index is 10.2. The molecule has 0 bridgehead atoms. The highest BCUT2D eigenvalue weighted by Crippen LogP contribution is 2.27. The molecule has 3 heteroatoms. The van der Waals surface area contributed by atoms with Crippen LogP contribution in [-0.2, 0) is 13.0 Å². The lowest BCUT2D eigenvalue weighted by Gasteiger charge is -2.06. The SMILES string of the molecule is Oc1c2ccccc2cn1CCCc1ccccc1Br. The zero-order valence-electron chi connectivity index (χ0n) is 11.1. The molecule has 0 saturated carbocycles. The van der Waals surface area contributed by atoms with Gasteiger partial charge in [0.1, 0.15) is 0 Å². The summed E-state index contributed by atoms with van der Waals surface area (Å²) in [5, 5.41) is 12.2. The third-order valence-electron chi connectivity index (χ3n) is 3.57. The molecule has 2 aromatic carbocycles. The van der Waals surface area contributed by atoms with Gasteiger partial charge in [-0.3, -0.25) is 0 Å². The van der Waals surface area contributed by atoms with E-state index in [9.17, 15) is 5.11 Å². The normalized spacial score (nSPS) is 11.1. The largest absolute Gasteiger partial charge is 0.494 e. The molecule has 102 valence electrons. The van der Waals surface area contributed by atoms with E-state index in [1.165, 1.54) is 5.56 Å². The Hall–Kier alpha value is -1.74. The second-order valence-electron chi connectivity index (χ2n) is 4.93. The fourth-order valence-corrected chi connectivity index (χ4v) is 2.99. The fourth-order valence-electron chi connectivity index (χ4n) is 2.51. The van der Waals surface area contributed by atoms with Crippen LogP contribution in [0.25, 0.3) is 10.8 Å². The number of aryl methyl sites for hydroxylation is 2. The van der Waals surface area contributed by atoms with Gasteiger partial charge < -0.3 is 9.67 Å². The second-order valence-corrected chi connectivity index (χ2v) is 5.78. The molecular weight excluding hydrogens is 314 g/mol. The highest BCUT2D eigenvalue weighted by Gasteiger charge is 2.07. The van der Waals surface area contributed by atoms with Gasteiger partial charge in [0, 0.05) is 28.0 Å². The highest BCUT2D eigenvalue weighted by molar-refractivity contribution is 9.10. The van der Waals surface area contributed by atoms with Crippen molar-refractivity contribution in [3.63, 3.8) is 0 Å². The van der Waals surface area contributed by atoms with Crippen LogP contribution in [0.3, 0.4) is 0 Å². The first-order valence-electron chi connectivity index (χ1n) is 6.76. The summed E-state index contributed by atoms with van der Waals surface area (Å²) >= 11 is 3.57. The number of aromatic nitrogens is 1. The number of nitrogens with zero attached hydrogens (tertiary/aromatic N) is 1. The van der Waals surface area contributed by atoms with Gasteiger partial charge in [-0.05, 0) is 30.5 Å². The highest BCUT2D eigenvalue weighted by atomic mass is 79.9. The number of benzene rings is 2. The molecule has 0 aliphatic rings. The predicted octanol–water partition coefficient (Wildman–Crippen LogP) is 4.74. The summed E-state index contributed by atoms with van der Waals surface area (Å²) in [7, 11) is 0. The third-order valence-corrected chi connectivity index (χ3v) is 4.35. The van der Waals surface area contributed by atoms with Crippen molar-refractivity contribution in [2.75, 3.05) is 0 Å². The van der Waals surface area contributed by atoms with Gasteiger partial charge in [-0.15, -0.1) is 0 Å². The van der Waals surface area contributed by atoms with Gasteiger partial charge in [0.15, 0.2) is 5.88 Å². The number of halogens is 1. The Morgan fingerprint density at radius 3 is 2.55 bits per heavy atom. The van der Waals surface area contributed by atoms with Crippen LogP contribution in [0.5, 0.6) is 5.88 Å². The average Bonchev–Trinajstić information content (AvgIpc) is 2.78. The number of aromatic hydroxyl groups is 1. The molecule has 0 spiro atoms. The molecule has 0 aliphatic carbocycles. The molecule has 2 nitrogen and oxygen atoms in total. The van der Waals surface area contributed by atoms with Crippen LogP contribution >= 0.6 is 15.9 Å². The topological polar surface area (TPSA) is 25.2 Å². The Morgan fingerprint density at radius 1 is 1.00 bits per heavy atom. The van der Waals surface area contributed by atoms with Crippen LogP contribution in [0.15, 0.2) is 59.2 Å². The van der Waals surface area contributed by atoms with Gasteiger partial charge in [0.25, 0.3) is 0 Å². The fraction of sp³-hybridized carbons (Fsp3) is 0.176. The smallest absolute Gasteiger partial charge is 0.199 e. The number of fused-ring (bicyclic) bond motifs is 1. The molecule has 0 saturated heterocycles. The Bertz CT molecular complexity index is 733. The summed E-state index contributed by atoms with van der Waals surface area (Å²) in [5.74, 6) is 0.368. The van der Waals surface area contributed by atoms with Gasteiger partial charge in [-0.25, -0.2) is 0 Å². The lowest BCUT2D eigenvalue weighted by Crippen LogP contribution is -1.98. The maximum atomic E-state index is 10.2. The minimum Gasteiger partial charge on any atom is -0.494 e. The summed E-state index contributed by atoms with van der Waals surface area (Å²) in [6.07, 6.45) is 4.01.